The Morgan fingerprint density at radius 1 is 1.04 bits per heavy atom. The number of aryl methyl sites for hydroxylation is 3. The monoisotopic (exact) mass is 355 g/mol. The molecule has 2 rings (SSSR count). The third-order valence-electron chi connectivity index (χ3n) is 4.71. The molecule has 2 aromatic rings. The summed E-state index contributed by atoms with van der Waals surface area (Å²) < 4.78 is 11.2. The van der Waals surface area contributed by atoms with E-state index >= 15 is 0 Å². The van der Waals surface area contributed by atoms with Gasteiger partial charge in [-0.2, -0.15) is 0 Å². The number of hydrogen-bond acceptors (Lipinski definition) is 3. The molecule has 0 radical (unpaired) electrons. The largest absolute Gasteiger partial charge is 0.493 e. The molecule has 0 aliphatic carbocycles. The van der Waals surface area contributed by atoms with Gasteiger partial charge in [0, 0.05) is 0 Å². The molecular formula is C22H29NO3. The molecule has 1 N–H and O–H groups in total. The van der Waals surface area contributed by atoms with Crippen molar-refractivity contribution in [2.45, 2.75) is 53.2 Å². The second kappa shape index (κ2) is 8.75. The molecule has 26 heavy (non-hydrogen) atoms. The van der Waals surface area contributed by atoms with Crippen LogP contribution in [0.5, 0.6) is 11.5 Å². The molecule has 2 aromatic carbocycles. The summed E-state index contributed by atoms with van der Waals surface area (Å²) in [4.78, 5) is 12.7. The number of carbonyl (C=O) groups excluding carboxylic acids is 1. The number of nitrogens with one attached hydrogen (secondary N) is 1. The van der Waals surface area contributed by atoms with Crippen LogP contribution in [0.4, 0.5) is 0 Å². The van der Waals surface area contributed by atoms with Crippen molar-refractivity contribution in [3.63, 3.8) is 0 Å². The van der Waals surface area contributed by atoms with Gasteiger partial charge in [0.2, 0.25) is 0 Å². The summed E-state index contributed by atoms with van der Waals surface area (Å²) in [5, 5.41) is 3.09. The van der Waals surface area contributed by atoms with Crippen LogP contribution in [0.3, 0.4) is 0 Å². The smallest absolute Gasteiger partial charge is 0.261 e. The van der Waals surface area contributed by atoms with E-state index in [0.29, 0.717) is 17.9 Å². The van der Waals surface area contributed by atoms with Crippen LogP contribution >= 0.6 is 0 Å². The molecule has 0 aromatic heterocycles. The maximum absolute atomic E-state index is 12.7. The fourth-order valence-corrected chi connectivity index (χ4v) is 3.03. The lowest BCUT2D eigenvalue weighted by atomic mass is 9.96. The van der Waals surface area contributed by atoms with Crippen LogP contribution < -0.4 is 14.8 Å². The quantitative estimate of drug-likeness (QED) is 0.786. The summed E-state index contributed by atoms with van der Waals surface area (Å²) in [6.45, 7) is 10.2. The molecule has 4 nitrogen and oxygen atoms in total. The van der Waals surface area contributed by atoms with Crippen molar-refractivity contribution < 1.29 is 14.3 Å². The number of benzene rings is 2. The Kier molecular flexibility index (Phi) is 6.67. The molecule has 1 amide bonds. The number of amides is 1. The molecule has 4 heteroatoms. The van der Waals surface area contributed by atoms with Gasteiger partial charge < -0.3 is 14.8 Å². The van der Waals surface area contributed by atoms with E-state index in [0.717, 1.165) is 5.56 Å². The lowest BCUT2D eigenvalue weighted by molar-refractivity contribution is -0.128. The average Bonchev–Trinajstić information content (AvgIpc) is 2.62. The van der Waals surface area contributed by atoms with E-state index in [1.807, 2.05) is 38.1 Å². The zero-order chi connectivity index (χ0) is 19.3. The van der Waals surface area contributed by atoms with E-state index in [4.69, 9.17) is 9.47 Å². The van der Waals surface area contributed by atoms with Crippen LogP contribution in [0.1, 0.15) is 48.6 Å². The zero-order valence-corrected chi connectivity index (χ0v) is 16.6. The number of rotatable bonds is 7. The Morgan fingerprint density at radius 3 is 2.27 bits per heavy atom. The molecule has 0 unspecified atom stereocenters. The molecule has 0 aliphatic rings. The summed E-state index contributed by atoms with van der Waals surface area (Å²) in [7, 11) is 1.59. The van der Waals surface area contributed by atoms with E-state index in [2.05, 4.69) is 38.2 Å². The molecule has 0 bridgehead atoms. The van der Waals surface area contributed by atoms with E-state index < -0.39 is 6.10 Å². The van der Waals surface area contributed by atoms with Gasteiger partial charge in [-0.15, -0.1) is 0 Å². The van der Waals surface area contributed by atoms with Crippen LogP contribution in [-0.2, 0) is 4.79 Å². The minimum absolute atomic E-state index is 0.0860. The molecule has 2 atom stereocenters. The maximum atomic E-state index is 12.7. The van der Waals surface area contributed by atoms with Crippen molar-refractivity contribution in [3.8, 4) is 11.5 Å². The van der Waals surface area contributed by atoms with Crippen LogP contribution in [0.15, 0.2) is 36.4 Å². The van der Waals surface area contributed by atoms with Crippen LogP contribution in [0.2, 0.25) is 0 Å². The molecule has 0 heterocycles. The molecule has 0 fully saturated rings. The standard InChI is InChI=1S/C22H29NO3/c1-7-19(26-21-11-9-8-10-20(21)25-6)22(24)23-17(5)18-13-15(3)14(2)12-16(18)4/h8-13,17,19H,7H2,1-6H3,(H,23,24)/t17-,19+/m0/s1. The first kappa shape index (κ1) is 19.8. The van der Waals surface area contributed by atoms with Crippen LogP contribution in [0.25, 0.3) is 0 Å². The highest BCUT2D eigenvalue weighted by Crippen LogP contribution is 2.28. The van der Waals surface area contributed by atoms with Gasteiger partial charge in [0.05, 0.1) is 13.2 Å². The van der Waals surface area contributed by atoms with E-state index in [9.17, 15) is 4.79 Å². The normalized spacial score (nSPS) is 13.0. The van der Waals surface area contributed by atoms with E-state index in [1.54, 1.807) is 7.11 Å². The molecule has 0 saturated carbocycles. The van der Waals surface area contributed by atoms with Gasteiger partial charge in [-0.05, 0) is 68.5 Å². The second-order valence-corrected chi connectivity index (χ2v) is 6.69. The van der Waals surface area contributed by atoms with Gasteiger partial charge in [-0.1, -0.05) is 31.2 Å². The van der Waals surface area contributed by atoms with Crippen molar-refractivity contribution in [1.82, 2.24) is 5.32 Å². The van der Waals surface area contributed by atoms with Crippen molar-refractivity contribution in [3.05, 3.63) is 58.7 Å². The van der Waals surface area contributed by atoms with Crippen LogP contribution in [0, 0.1) is 20.8 Å². The summed E-state index contributed by atoms with van der Waals surface area (Å²) in [6.07, 6.45) is 0.00305. The first-order chi connectivity index (χ1) is 12.4. The third-order valence-corrected chi connectivity index (χ3v) is 4.71. The molecule has 0 spiro atoms. The first-order valence-corrected chi connectivity index (χ1v) is 9.05. The first-order valence-electron chi connectivity index (χ1n) is 9.05. The van der Waals surface area contributed by atoms with E-state index in [-0.39, 0.29) is 11.9 Å². The Balaban J connectivity index is 2.12. The number of para-hydroxylation sites is 2. The second-order valence-electron chi connectivity index (χ2n) is 6.69. The maximum Gasteiger partial charge on any atom is 0.261 e. The third kappa shape index (κ3) is 4.57. The number of methoxy groups -OCH3 is 1. The zero-order valence-electron chi connectivity index (χ0n) is 16.6. The molecule has 0 saturated heterocycles. The molecular weight excluding hydrogens is 326 g/mol. The highest BCUT2D eigenvalue weighted by molar-refractivity contribution is 5.81. The Morgan fingerprint density at radius 2 is 1.65 bits per heavy atom. The van der Waals surface area contributed by atoms with Crippen LogP contribution in [-0.4, -0.2) is 19.1 Å². The van der Waals surface area contributed by atoms with Gasteiger partial charge in [-0.25, -0.2) is 0 Å². The van der Waals surface area contributed by atoms with Gasteiger partial charge in [-0.3, -0.25) is 4.79 Å². The highest BCUT2D eigenvalue weighted by atomic mass is 16.5. The van der Waals surface area contributed by atoms with Gasteiger partial charge in [0.1, 0.15) is 0 Å². The molecule has 140 valence electrons. The Labute approximate surface area is 156 Å². The SMILES string of the molecule is CC[C@@H](Oc1ccccc1OC)C(=O)N[C@@H](C)c1cc(C)c(C)cc1C. The fraction of sp³-hybridized carbons (Fsp3) is 0.409. The number of carbonyl (C=O) groups is 1. The lowest BCUT2D eigenvalue weighted by Crippen LogP contribution is -2.39. The minimum Gasteiger partial charge on any atom is -0.493 e. The van der Waals surface area contributed by atoms with Crippen molar-refractivity contribution in [2.24, 2.45) is 0 Å². The molecule has 0 aliphatic heterocycles. The predicted molar refractivity (Wildman–Crippen MR) is 105 cm³/mol. The van der Waals surface area contributed by atoms with Gasteiger partial charge in [0.25, 0.3) is 5.91 Å². The number of ether oxygens (including phenoxy) is 2. The van der Waals surface area contributed by atoms with E-state index in [1.165, 1.54) is 16.7 Å². The summed E-state index contributed by atoms with van der Waals surface area (Å²) in [6, 6.07) is 11.6. The number of hydrogen-bond donors (Lipinski definition) is 1. The van der Waals surface area contributed by atoms with Gasteiger partial charge >= 0.3 is 0 Å². The predicted octanol–water partition coefficient (Wildman–Crippen LogP) is 4.66. The fourth-order valence-electron chi connectivity index (χ4n) is 3.03. The van der Waals surface area contributed by atoms with Crippen molar-refractivity contribution >= 4 is 5.91 Å². The van der Waals surface area contributed by atoms with Crippen molar-refractivity contribution in [2.75, 3.05) is 7.11 Å². The van der Waals surface area contributed by atoms with Gasteiger partial charge in [0.15, 0.2) is 17.6 Å². The van der Waals surface area contributed by atoms with Crippen molar-refractivity contribution in [1.29, 1.82) is 0 Å². The highest BCUT2D eigenvalue weighted by Gasteiger charge is 2.22. The average molecular weight is 355 g/mol. The lowest BCUT2D eigenvalue weighted by Gasteiger charge is -2.23. The summed E-state index contributed by atoms with van der Waals surface area (Å²) in [5.41, 5.74) is 4.80. The Bertz CT molecular complexity index is 770. The summed E-state index contributed by atoms with van der Waals surface area (Å²) >= 11 is 0. The minimum atomic E-state index is -0.569. The summed E-state index contributed by atoms with van der Waals surface area (Å²) in [5.74, 6) is 1.08. The topological polar surface area (TPSA) is 47.6 Å². The Hall–Kier alpha value is -2.49.